The average molecular weight is 343 g/mol. The third-order valence-corrected chi connectivity index (χ3v) is 3.13. The number of halogens is 3. The predicted octanol–water partition coefficient (Wildman–Crippen LogP) is 4.94. The first-order chi connectivity index (χ1) is 9.54. The second-order valence-electron chi connectivity index (χ2n) is 4.24. The van der Waals surface area contributed by atoms with E-state index in [1.165, 1.54) is 6.07 Å². The summed E-state index contributed by atoms with van der Waals surface area (Å²) in [7, 11) is 0. The number of rotatable bonds is 5. The quantitative estimate of drug-likeness (QED) is 0.766. The molecule has 0 N–H and O–H groups in total. The minimum absolute atomic E-state index is 0.0153. The lowest BCUT2D eigenvalue weighted by Crippen LogP contribution is -2.04. The fourth-order valence-corrected chi connectivity index (χ4v) is 1.97. The minimum atomic E-state index is -2.88. The highest BCUT2D eigenvalue weighted by Gasteiger charge is 2.11. The van der Waals surface area contributed by atoms with Crippen LogP contribution in [0.2, 0.25) is 0 Å². The van der Waals surface area contributed by atoms with E-state index in [1.807, 2.05) is 31.2 Å². The Bertz CT molecular complexity index is 571. The molecule has 0 aliphatic heterocycles. The van der Waals surface area contributed by atoms with E-state index in [0.29, 0.717) is 11.1 Å². The maximum Gasteiger partial charge on any atom is 0.387 e. The molecule has 0 amide bonds. The first-order valence-corrected chi connectivity index (χ1v) is 6.76. The lowest BCUT2D eigenvalue weighted by molar-refractivity contribution is -0.0516. The number of benzene rings is 2. The molecular formula is C15H13BrF2O2. The summed E-state index contributed by atoms with van der Waals surface area (Å²) in [5, 5.41) is 0. The molecule has 0 aliphatic carbocycles. The molecule has 2 rings (SSSR count). The average Bonchev–Trinajstić information content (AvgIpc) is 2.39. The molecule has 0 aliphatic rings. The van der Waals surface area contributed by atoms with Crippen LogP contribution < -0.4 is 9.47 Å². The van der Waals surface area contributed by atoms with Crippen molar-refractivity contribution in [3.05, 3.63) is 58.1 Å². The predicted molar refractivity (Wildman–Crippen MR) is 76.3 cm³/mol. The molecule has 2 aromatic carbocycles. The van der Waals surface area contributed by atoms with Gasteiger partial charge in [-0.2, -0.15) is 8.78 Å². The number of alkyl halides is 2. The largest absolute Gasteiger partial charge is 0.485 e. The van der Waals surface area contributed by atoms with Crippen LogP contribution in [0, 0.1) is 6.92 Å². The SMILES string of the molecule is Cc1ccc(COc2ccc(Br)cc2OC(F)F)cc1. The van der Waals surface area contributed by atoms with E-state index >= 15 is 0 Å². The highest BCUT2D eigenvalue weighted by atomic mass is 79.9. The summed E-state index contributed by atoms with van der Waals surface area (Å²) >= 11 is 3.21. The highest BCUT2D eigenvalue weighted by molar-refractivity contribution is 9.10. The summed E-state index contributed by atoms with van der Waals surface area (Å²) in [5.41, 5.74) is 2.11. The van der Waals surface area contributed by atoms with Crippen LogP contribution in [0.25, 0.3) is 0 Å². The summed E-state index contributed by atoms with van der Waals surface area (Å²) < 4.78 is 35.3. The molecule has 0 aromatic heterocycles. The molecule has 0 unspecified atom stereocenters. The monoisotopic (exact) mass is 342 g/mol. The van der Waals surface area contributed by atoms with Gasteiger partial charge in [0.05, 0.1) is 0 Å². The summed E-state index contributed by atoms with van der Waals surface area (Å²) in [6.45, 7) is -0.596. The van der Waals surface area contributed by atoms with Crippen LogP contribution in [-0.2, 0) is 6.61 Å². The molecule has 0 fully saturated rings. The van der Waals surface area contributed by atoms with Gasteiger partial charge >= 0.3 is 6.61 Å². The van der Waals surface area contributed by atoms with E-state index in [2.05, 4.69) is 20.7 Å². The van der Waals surface area contributed by atoms with Crippen LogP contribution in [0.4, 0.5) is 8.78 Å². The molecule has 0 heterocycles. The highest BCUT2D eigenvalue weighted by Crippen LogP contribution is 2.32. The van der Waals surface area contributed by atoms with Gasteiger partial charge in [-0.05, 0) is 30.7 Å². The van der Waals surface area contributed by atoms with Crippen molar-refractivity contribution in [1.82, 2.24) is 0 Å². The smallest absolute Gasteiger partial charge is 0.387 e. The number of ether oxygens (including phenoxy) is 2. The minimum Gasteiger partial charge on any atom is -0.485 e. The lowest BCUT2D eigenvalue weighted by Gasteiger charge is -2.12. The van der Waals surface area contributed by atoms with Gasteiger partial charge in [0.1, 0.15) is 6.61 Å². The van der Waals surface area contributed by atoms with Crippen molar-refractivity contribution in [3.63, 3.8) is 0 Å². The van der Waals surface area contributed by atoms with Crippen LogP contribution in [0.3, 0.4) is 0 Å². The van der Waals surface area contributed by atoms with Gasteiger partial charge in [-0.25, -0.2) is 0 Å². The molecule has 0 saturated heterocycles. The van der Waals surface area contributed by atoms with Crippen LogP contribution in [0.15, 0.2) is 46.9 Å². The molecular weight excluding hydrogens is 330 g/mol. The maximum absolute atomic E-state index is 12.3. The van der Waals surface area contributed by atoms with E-state index < -0.39 is 6.61 Å². The van der Waals surface area contributed by atoms with Crippen molar-refractivity contribution in [2.45, 2.75) is 20.1 Å². The molecule has 106 valence electrons. The molecule has 20 heavy (non-hydrogen) atoms. The van der Waals surface area contributed by atoms with Crippen molar-refractivity contribution in [2.75, 3.05) is 0 Å². The Kier molecular flexibility index (Phi) is 4.95. The zero-order valence-electron chi connectivity index (χ0n) is 10.8. The standard InChI is InChI=1S/C15H13BrF2O2/c1-10-2-4-11(5-3-10)9-19-13-7-6-12(16)8-14(13)20-15(17)18/h2-8,15H,9H2,1H3. The Morgan fingerprint density at radius 2 is 1.75 bits per heavy atom. The summed E-state index contributed by atoms with van der Waals surface area (Å²) in [6.07, 6.45) is 0. The van der Waals surface area contributed by atoms with Crippen molar-refractivity contribution in [2.24, 2.45) is 0 Å². The number of hydrogen-bond acceptors (Lipinski definition) is 2. The number of hydrogen-bond donors (Lipinski definition) is 0. The van der Waals surface area contributed by atoms with E-state index in [-0.39, 0.29) is 11.5 Å². The van der Waals surface area contributed by atoms with E-state index in [0.717, 1.165) is 11.1 Å². The zero-order valence-corrected chi connectivity index (χ0v) is 12.4. The second-order valence-corrected chi connectivity index (χ2v) is 5.16. The van der Waals surface area contributed by atoms with Crippen molar-refractivity contribution in [1.29, 1.82) is 0 Å². The Morgan fingerprint density at radius 1 is 1.05 bits per heavy atom. The van der Waals surface area contributed by atoms with Crippen LogP contribution in [0.1, 0.15) is 11.1 Å². The normalized spacial score (nSPS) is 10.7. The third-order valence-electron chi connectivity index (χ3n) is 2.64. The lowest BCUT2D eigenvalue weighted by atomic mass is 10.2. The van der Waals surface area contributed by atoms with Crippen LogP contribution >= 0.6 is 15.9 Å². The third kappa shape index (κ3) is 4.20. The van der Waals surface area contributed by atoms with E-state index in [1.54, 1.807) is 12.1 Å². The molecule has 5 heteroatoms. The molecule has 0 radical (unpaired) electrons. The van der Waals surface area contributed by atoms with E-state index in [4.69, 9.17) is 4.74 Å². The van der Waals surface area contributed by atoms with Crippen LogP contribution in [-0.4, -0.2) is 6.61 Å². The first kappa shape index (κ1) is 14.8. The summed E-state index contributed by atoms with van der Waals surface area (Å²) in [5.74, 6) is 0.301. The van der Waals surface area contributed by atoms with Crippen LogP contribution in [0.5, 0.6) is 11.5 Å². The fourth-order valence-electron chi connectivity index (χ4n) is 1.63. The molecule has 2 nitrogen and oxygen atoms in total. The summed E-state index contributed by atoms with van der Waals surface area (Å²) in [4.78, 5) is 0. The van der Waals surface area contributed by atoms with Gasteiger partial charge < -0.3 is 9.47 Å². The first-order valence-electron chi connectivity index (χ1n) is 5.97. The van der Waals surface area contributed by atoms with Gasteiger partial charge in [0.25, 0.3) is 0 Å². The molecule has 0 spiro atoms. The molecule has 0 bridgehead atoms. The molecule has 0 saturated carbocycles. The maximum atomic E-state index is 12.3. The zero-order chi connectivity index (χ0) is 14.5. The van der Waals surface area contributed by atoms with Gasteiger partial charge in [0.2, 0.25) is 0 Å². The Morgan fingerprint density at radius 3 is 2.40 bits per heavy atom. The van der Waals surface area contributed by atoms with Gasteiger partial charge in [0, 0.05) is 4.47 Å². The Balaban J connectivity index is 2.10. The Hall–Kier alpha value is -1.62. The fraction of sp³-hybridized carbons (Fsp3) is 0.200. The second kappa shape index (κ2) is 6.70. The Labute approximate surface area is 124 Å². The van der Waals surface area contributed by atoms with Crippen molar-refractivity contribution >= 4 is 15.9 Å². The summed E-state index contributed by atoms with van der Waals surface area (Å²) in [6, 6.07) is 12.6. The van der Waals surface area contributed by atoms with Gasteiger partial charge in [0.15, 0.2) is 11.5 Å². The van der Waals surface area contributed by atoms with Crippen molar-refractivity contribution in [3.8, 4) is 11.5 Å². The van der Waals surface area contributed by atoms with Gasteiger partial charge in [-0.3, -0.25) is 0 Å². The molecule has 2 aromatic rings. The van der Waals surface area contributed by atoms with E-state index in [9.17, 15) is 8.78 Å². The van der Waals surface area contributed by atoms with Crippen molar-refractivity contribution < 1.29 is 18.3 Å². The molecule has 0 atom stereocenters. The number of aryl methyl sites for hydroxylation is 1. The topological polar surface area (TPSA) is 18.5 Å². The van der Waals surface area contributed by atoms with Gasteiger partial charge in [-0.15, -0.1) is 0 Å². The van der Waals surface area contributed by atoms with Gasteiger partial charge in [-0.1, -0.05) is 45.8 Å².